The summed E-state index contributed by atoms with van der Waals surface area (Å²) in [5, 5.41) is 10.1. The van der Waals surface area contributed by atoms with E-state index < -0.39 is 10.0 Å². The Morgan fingerprint density at radius 1 is 0.851 bits per heavy atom. The zero-order valence-corrected chi connectivity index (χ0v) is 29.3. The van der Waals surface area contributed by atoms with Crippen molar-refractivity contribution in [2.75, 3.05) is 45.6 Å². The summed E-state index contributed by atoms with van der Waals surface area (Å²) in [6.45, 7) is 7.53. The molecule has 0 amide bonds. The first-order valence-electron chi connectivity index (χ1n) is 16.4. The Morgan fingerprint density at radius 3 is 2.40 bits per heavy atom. The van der Waals surface area contributed by atoms with E-state index in [1.807, 2.05) is 36.4 Å². The third-order valence-corrected chi connectivity index (χ3v) is 11.1. The standard InChI is InChI=1S/C36H43Cl2N5O3S/c1-47(44,45)42-17-14-35-32(26-42)36(40-43(35)16-5-15-41-18-20-46-21-19-41)30-11-13-33(37)29(23-30)10-8-27-9-12-34(38)31(22-27)25-39-24-28-6-3-2-4-7-28/h2-4,6-7,9,11-13,22-23,39H,5,8,10,14-21,24-26H2,1H3. The van der Waals surface area contributed by atoms with Crippen LogP contribution in [0.15, 0.2) is 66.7 Å². The van der Waals surface area contributed by atoms with Crippen LogP contribution in [-0.4, -0.2) is 73.1 Å². The van der Waals surface area contributed by atoms with Gasteiger partial charge in [0.25, 0.3) is 0 Å². The van der Waals surface area contributed by atoms with Gasteiger partial charge >= 0.3 is 0 Å². The largest absolute Gasteiger partial charge is 0.379 e. The van der Waals surface area contributed by atoms with Gasteiger partial charge in [0.05, 0.1) is 25.2 Å². The van der Waals surface area contributed by atoms with Crippen LogP contribution in [0.2, 0.25) is 10.0 Å². The van der Waals surface area contributed by atoms with E-state index >= 15 is 0 Å². The fraction of sp³-hybridized carbons (Fsp3) is 0.417. The van der Waals surface area contributed by atoms with E-state index in [-0.39, 0.29) is 0 Å². The van der Waals surface area contributed by atoms with Crippen LogP contribution in [0.3, 0.4) is 0 Å². The number of halogens is 2. The second-order valence-electron chi connectivity index (χ2n) is 12.5. The molecule has 0 radical (unpaired) electrons. The second-order valence-corrected chi connectivity index (χ2v) is 15.3. The van der Waals surface area contributed by atoms with Gasteiger partial charge in [0, 0.05) is 85.6 Å². The summed E-state index contributed by atoms with van der Waals surface area (Å²) in [6, 6.07) is 22.6. The van der Waals surface area contributed by atoms with E-state index in [9.17, 15) is 8.42 Å². The molecular formula is C36H43Cl2N5O3S. The Balaban J connectivity index is 1.18. The minimum absolute atomic E-state index is 0.330. The summed E-state index contributed by atoms with van der Waals surface area (Å²) in [7, 11) is -3.33. The fourth-order valence-corrected chi connectivity index (χ4v) is 7.67. The summed E-state index contributed by atoms with van der Waals surface area (Å²) in [4.78, 5) is 2.43. The van der Waals surface area contributed by atoms with Gasteiger partial charge in [-0.15, -0.1) is 0 Å². The van der Waals surface area contributed by atoms with Crippen molar-refractivity contribution in [3.8, 4) is 11.3 Å². The van der Waals surface area contributed by atoms with Crippen LogP contribution in [0.25, 0.3) is 11.3 Å². The van der Waals surface area contributed by atoms with E-state index in [4.69, 9.17) is 33.0 Å². The average Bonchev–Trinajstić information content (AvgIpc) is 3.44. The Kier molecular flexibility index (Phi) is 11.4. The minimum Gasteiger partial charge on any atom is -0.379 e. The van der Waals surface area contributed by atoms with Crippen molar-refractivity contribution < 1.29 is 13.2 Å². The van der Waals surface area contributed by atoms with Crippen molar-refractivity contribution >= 4 is 33.2 Å². The molecule has 2 aliphatic rings. The smallest absolute Gasteiger partial charge is 0.211 e. The number of hydrogen-bond acceptors (Lipinski definition) is 6. The van der Waals surface area contributed by atoms with E-state index in [1.165, 1.54) is 17.4 Å². The number of aryl methyl sites for hydroxylation is 3. The molecule has 8 nitrogen and oxygen atoms in total. The summed E-state index contributed by atoms with van der Waals surface area (Å²) in [5.74, 6) is 0. The van der Waals surface area contributed by atoms with E-state index in [2.05, 4.69) is 45.2 Å². The van der Waals surface area contributed by atoms with Gasteiger partial charge < -0.3 is 10.1 Å². The molecule has 47 heavy (non-hydrogen) atoms. The molecule has 3 heterocycles. The van der Waals surface area contributed by atoms with Crippen molar-refractivity contribution in [3.05, 3.63) is 110 Å². The molecule has 4 aromatic rings. The highest BCUT2D eigenvalue weighted by Gasteiger charge is 2.30. The second kappa shape index (κ2) is 15.6. The molecule has 1 aromatic heterocycles. The Bertz CT molecular complexity index is 1770. The fourth-order valence-electron chi connectivity index (χ4n) is 6.48. The molecule has 0 unspecified atom stereocenters. The molecule has 6 rings (SSSR count). The highest BCUT2D eigenvalue weighted by molar-refractivity contribution is 7.88. The average molecular weight is 697 g/mol. The normalized spacial score (nSPS) is 16.0. The van der Waals surface area contributed by atoms with Crippen molar-refractivity contribution in [1.82, 2.24) is 24.3 Å². The van der Waals surface area contributed by atoms with Crippen LogP contribution >= 0.6 is 23.2 Å². The molecule has 250 valence electrons. The van der Waals surface area contributed by atoms with Gasteiger partial charge in [0.15, 0.2) is 0 Å². The summed E-state index contributed by atoms with van der Waals surface area (Å²) in [6.07, 6.45) is 4.46. The molecule has 1 N–H and O–H groups in total. The maximum Gasteiger partial charge on any atom is 0.211 e. The number of sulfonamides is 1. The van der Waals surface area contributed by atoms with Gasteiger partial charge in [0.1, 0.15) is 0 Å². The Labute approximate surface area is 288 Å². The monoisotopic (exact) mass is 695 g/mol. The molecular weight excluding hydrogens is 653 g/mol. The van der Waals surface area contributed by atoms with Crippen molar-refractivity contribution in [2.45, 2.75) is 51.9 Å². The van der Waals surface area contributed by atoms with Gasteiger partial charge in [0.2, 0.25) is 10.0 Å². The van der Waals surface area contributed by atoms with Gasteiger partial charge in [-0.2, -0.15) is 9.40 Å². The van der Waals surface area contributed by atoms with Gasteiger partial charge in [-0.25, -0.2) is 8.42 Å². The van der Waals surface area contributed by atoms with Crippen LogP contribution in [0.5, 0.6) is 0 Å². The first-order chi connectivity index (χ1) is 22.7. The predicted molar refractivity (Wildman–Crippen MR) is 189 cm³/mol. The lowest BCUT2D eigenvalue weighted by Gasteiger charge is -2.27. The van der Waals surface area contributed by atoms with Crippen LogP contribution in [0.4, 0.5) is 0 Å². The third-order valence-electron chi connectivity index (χ3n) is 9.12. The molecule has 11 heteroatoms. The number of nitrogens with one attached hydrogen (secondary N) is 1. The van der Waals surface area contributed by atoms with E-state index in [1.54, 1.807) is 4.31 Å². The summed E-state index contributed by atoms with van der Waals surface area (Å²) in [5.41, 5.74) is 8.46. The molecule has 2 aliphatic heterocycles. The zero-order valence-electron chi connectivity index (χ0n) is 26.9. The van der Waals surface area contributed by atoms with Crippen LogP contribution in [0.1, 0.15) is 39.9 Å². The number of aromatic nitrogens is 2. The first-order valence-corrected chi connectivity index (χ1v) is 19.0. The lowest BCUT2D eigenvalue weighted by molar-refractivity contribution is 0.0368. The van der Waals surface area contributed by atoms with E-state index in [0.717, 1.165) is 104 Å². The van der Waals surface area contributed by atoms with Crippen molar-refractivity contribution in [3.63, 3.8) is 0 Å². The maximum absolute atomic E-state index is 12.5. The highest BCUT2D eigenvalue weighted by atomic mass is 35.5. The molecule has 0 saturated carbocycles. The van der Waals surface area contributed by atoms with Crippen LogP contribution in [0, 0.1) is 0 Å². The highest BCUT2D eigenvalue weighted by Crippen LogP contribution is 2.33. The summed E-state index contributed by atoms with van der Waals surface area (Å²) >= 11 is 13.3. The molecule has 0 spiro atoms. The minimum atomic E-state index is -3.33. The predicted octanol–water partition coefficient (Wildman–Crippen LogP) is 5.97. The molecule has 0 atom stereocenters. The topological polar surface area (TPSA) is 79.7 Å². The number of ether oxygens (including phenoxy) is 1. The van der Waals surface area contributed by atoms with Crippen molar-refractivity contribution in [1.29, 1.82) is 0 Å². The van der Waals surface area contributed by atoms with Gasteiger partial charge in [-0.3, -0.25) is 9.58 Å². The van der Waals surface area contributed by atoms with E-state index in [0.29, 0.717) is 31.1 Å². The first kappa shape index (κ1) is 34.1. The molecule has 0 bridgehead atoms. The number of hydrogen-bond donors (Lipinski definition) is 1. The van der Waals surface area contributed by atoms with Crippen LogP contribution in [-0.2, 0) is 60.2 Å². The van der Waals surface area contributed by atoms with Crippen LogP contribution < -0.4 is 5.32 Å². The lowest BCUT2D eigenvalue weighted by atomic mass is 9.97. The van der Waals surface area contributed by atoms with Crippen molar-refractivity contribution in [2.24, 2.45) is 0 Å². The quantitative estimate of drug-likeness (QED) is 0.186. The maximum atomic E-state index is 12.5. The Hall–Kier alpha value is -2.76. The number of morpholine rings is 1. The molecule has 3 aromatic carbocycles. The molecule has 0 aliphatic carbocycles. The Morgan fingerprint density at radius 2 is 1.62 bits per heavy atom. The zero-order chi connectivity index (χ0) is 32.8. The molecule has 1 fully saturated rings. The van der Waals surface area contributed by atoms with Gasteiger partial charge in [-0.05, 0) is 59.7 Å². The summed E-state index contributed by atoms with van der Waals surface area (Å²) < 4.78 is 34.2. The number of rotatable bonds is 13. The lowest BCUT2D eigenvalue weighted by Crippen LogP contribution is -2.37. The molecule has 1 saturated heterocycles. The SMILES string of the molecule is CS(=O)(=O)N1CCc2c(c(-c3ccc(Cl)c(CCc4ccc(Cl)c(CNCc5ccccc5)c4)c3)nn2CCCN2CCOCC2)C1. The van der Waals surface area contributed by atoms with Gasteiger partial charge in [-0.1, -0.05) is 71.7 Å². The number of benzene rings is 3. The third kappa shape index (κ3) is 8.83. The number of nitrogens with zero attached hydrogens (tertiary/aromatic N) is 4. The number of fused-ring (bicyclic) bond motifs is 1.